The molecule has 0 aromatic carbocycles. The number of hydrogen-bond donors (Lipinski definition) is 2. The lowest BCUT2D eigenvalue weighted by Gasteiger charge is -2.13. The van der Waals surface area contributed by atoms with Crippen molar-refractivity contribution in [2.24, 2.45) is 5.92 Å². The maximum absolute atomic E-state index is 11.3. The molecule has 2 unspecified atom stereocenters. The molecular weight excluding hydrogens is 210 g/mol. The van der Waals surface area contributed by atoms with Gasteiger partial charge in [-0.15, -0.1) is 0 Å². The zero-order chi connectivity index (χ0) is 12.6. The number of rotatable bonds is 8. The molecule has 0 spiro atoms. The third kappa shape index (κ3) is 7.23. The van der Waals surface area contributed by atoms with Gasteiger partial charge >= 0.3 is 5.97 Å². The van der Waals surface area contributed by atoms with Crippen molar-refractivity contribution in [3.8, 4) is 0 Å². The topological polar surface area (TPSA) is 75.6 Å². The van der Waals surface area contributed by atoms with Crippen molar-refractivity contribution < 1.29 is 19.4 Å². The minimum atomic E-state index is -0.774. The molecule has 2 N–H and O–H groups in total. The number of carboxylic acid groups (broad SMARTS) is 1. The highest BCUT2D eigenvalue weighted by Crippen LogP contribution is 2.09. The summed E-state index contributed by atoms with van der Waals surface area (Å²) >= 11 is 0. The highest BCUT2D eigenvalue weighted by molar-refractivity contribution is 5.80. The van der Waals surface area contributed by atoms with Crippen LogP contribution in [0, 0.1) is 5.92 Å². The number of carbonyl (C=O) groups is 2. The molecule has 0 saturated heterocycles. The van der Waals surface area contributed by atoms with E-state index in [1.807, 2.05) is 6.92 Å². The first-order chi connectivity index (χ1) is 7.47. The van der Waals surface area contributed by atoms with Crippen LogP contribution in [0.4, 0.5) is 0 Å². The van der Waals surface area contributed by atoms with Crippen molar-refractivity contribution in [1.82, 2.24) is 5.32 Å². The predicted molar refractivity (Wildman–Crippen MR) is 60.1 cm³/mol. The zero-order valence-corrected chi connectivity index (χ0v) is 10.2. The third-order valence-electron chi connectivity index (χ3n) is 2.51. The average Bonchev–Trinajstić information content (AvgIpc) is 2.24. The summed E-state index contributed by atoms with van der Waals surface area (Å²) in [5, 5.41) is 11.2. The summed E-state index contributed by atoms with van der Waals surface area (Å²) in [6.07, 6.45) is 1.18. The van der Waals surface area contributed by atoms with Crippen molar-refractivity contribution in [2.75, 3.05) is 13.7 Å². The Morgan fingerprint density at radius 1 is 1.31 bits per heavy atom. The lowest BCUT2D eigenvalue weighted by Crippen LogP contribution is -2.34. The van der Waals surface area contributed by atoms with Crippen LogP contribution in [-0.2, 0) is 14.3 Å². The summed E-state index contributed by atoms with van der Waals surface area (Å²) in [6, 6.07) is 0. The quantitative estimate of drug-likeness (QED) is 0.654. The third-order valence-corrected chi connectivity index (χ3v) is 2.51. The summed E-state index contributed by atoms with van der Waals surface area (Å²) in [5.74, 6) is -0.605. The maximum atomic E-state index is 11.3. The Hall–Kier alpha value is -1.10. The van der Waals surface area contributed by atoms with E-state index in [2.05, 4.69) is 5.32 Å². The van der Waals surface area contributed by atoms with E-state index in [1.165, 1.54) is 7.11 Å². The smallest absolute Gasteiger partial charge is 0.303 e. The van der Waals surface area contributed by atoms with E-state index in [0.717, 1.165) is 6.42 Å². The number of nitrogens with one attached hydrogen (secondary N) is 1. The van der Waals surface area contributed by atoms with Crippen LogP contribution < -0.4 is 5.32 Å². The Morgan fingerprint density at radius 2 is 1.94 bits per heavy atom. The Labute approximate surface area is 96.2 Å². The van der Waals surface area contributed by atoms with Crippen molar-refractivity contribution in [1.29, 1.82) is 0 Å². The SMILES string of the molecule is COC(C)C(=O)NCCC(C)CCC(=O)O. The van der Waals surface area contributed by atoms with Crippen LogP contribution in [0.2, 0.25) is 0 Å². The fraction of sp³-hybridized carbons (Fsp3) is 0.818. The second-order valence-electron chi connectivity index (χ2n) is 4.00. The largest absolute Gasteiger partial charge is 0.481 e. The zero-order valence-electron chi connectivity index (χ0n) is 10.2. The highest BCUT2D eigenvalue weighted by Gasteiger charge is 2.11. The van der Waals surface area contributed by atoms with E-state index in [0.29, 0.717) is 18.9 Å². The van der Waals surface area contributed by atoms with Gasteiger partial charge in [-0.25, -0.2) is 0 Å². The summed E-state index contributed by atoms with van der Waals surface area (Å²) in [6.45, 7) is 4.23. The van der Waals surface area contributed by atoms with Gasteiger partial charge in [-0.05, 0) is 25.7 Å². The van der Waals surface area contributed by atoms with Gasteiger partial charge in [0.25, 0.3) is 0 Å². The van der Waals surface area contributed by atoms with Crippen molar-refractivity contribution in [3.05, 3.63) is 0 Å². The van der Waals surface area contributed by atoms with Crippen LogP contribution in [0.1, 0.15) is 33.1 Å². The van der Waals surface area contributed by atoms with Crippen molar-refractivity contribution in [3.63, 3.8) is 0 Å². The number of carbonyl (C=O) groups excluding carboxylic acids is 1. The van der Waals surface area contributed by atoms with Gasteiger partial charge in [0.1, 0.15) is 6.10 Å². The summed E-state index contributed by atoms with van der Waals surface area (Å²) < 4.78 is 4.86. The van der Waals surface area contributed by atoms with Gasteiger partial charge in [0, 0.05) is 20.1 Å². The second kappa shape index (κ2) is 8.10. The Balaban J connectivity index is 3.57. The van der Waals surface area contributed by atoms with Crippen LogP contribution in [0.5, 0.6) is 0 Å². The molecule has 2 atom stereocenters. The molecule has 0 radical (unpaired) electrons. The number of methoxy groups -OCH3 is 1. The van der Waals surface area contributed by atoms with Crippen molar-refractivity contribution in [2.45, 2.75) is 39.2 Å². The molecule has 0 fully saturated rings. The number of aliphatic carboxylic acids is 1. The van der Waals surface area contributed by atoms with Crippen LogP contribution >= 0.6 is 0 Å². The van der Waals surface area contributed by atoms with E-state index in [1.54, 1.807) is 6.92 Å². The van der Waals surface area contributed by atoms with Crippen LogP contribution in [0.15, 0.2) is 0 Å². The Bertz CT molecular complexity index is 230. The van der Waals surface area contributed by atoms with E-state index < -0.39 is 12.1 Å². The van der Waals surface area contributed by atoms with Gasteiger partial charge in [0.2, 0.25) is 5.91 Å². The number of ether oxygens (including phenoxy) is 1. The second-order valence-corrected chi connectivity index (χ2v) is 4.00. The lowest BCUT2D eigenvalue weighted by atomic mass is 10.0. The van der Waals surface area contributed by atoms with Crippen molar-refractivity contribution >= 4 is 11.9 Å². The molecule has 0 saturated carbocycles. The van der Waals surface area contributed by atoms with Gasteiger partial charge in [0.15, 0.2) is 0 Å². The molecule has 0 bridgehead atoms. The molecule has 0 heterocycles. The van der Waals surface area contributed by atoms with Crippen LogP contribution in [0.3, 0.4) is 0 Å². The maximum Gasteiger partial charge on any atom is 0.303 e. The minimum Gasteiger partial charge on any atom is -0.481 e. The molecule has 0 aliphatic rings. The standard InChI is InChI=1S/C11H21NO4/c1-8(4-5-10(13)14)6-7-12-11(15)9(2)16-3/h8-9H,4-7H2,1-3H3,(H,12,15)(H,13,14). The first-order valence-corrected chi connectivity index (χ1v) is 5.49. The molecule has 0 rings (SSSR count). The van der Waals surface area contributed by atoms with Crippen LogP contribution in [0.25, 0.3) is 0 Å². The molecule has 94 valence electrons. The molecule has 1 amide bonds. The molecule has 0 aromatic heterocycles. The average molecular weight is 231 g/mol. The van der Waals surface area contributed by atoms with E-state index in [4.69, 9.17) is 9.84 Å². The highest BCUT2D eigenvalue weighted by atomic mass is 16.5. The normalized spacial score (nSPS) is 14.2. The minimum absolute atomic E-state index is 0.132. The molecule has 5 heteroatoms. The molecule has 16 heavy (non-hydrogen) atoms. The number of carboxylic acids is 1. The van der Waals surface area contributed by atoms with Crippen LogP contribution in [-0.4, -0.2) is 36.7 Å². The molecule has 5 nitrogen and oxygen atoms in total. The number of amides is 1. The Kier molecular flexibility index (Phi) is 7.54. The summed E-state index contributed by atoms with van der Waals surface area (Å²) in [7, 11) is 1.49. The molecule has 0 aliphatic carbocycles. The fourth-order valence-electron chi connectivity index (χ4n) is 1.21. The number of hydrogen-bond acceptors (Lipinski definition) is 3. The fourth-order valence-corrected chi connectivity index (χ4v) is 1.21. The van der Waals surface area contributed by atoms with Gasteiger partial charge in [-0.1, -0.05) is 6.92 Å². The first kappa shape index (κ1) is 14.9. The van der Waals surface area contributed by atoms with Gasteiger partial charge in [0.05, 0.1) is 0 Å². The lowest BCUT2D eigenvalue weighted by molar-refractivity contribution is -0.137. The van der Waals surface area contributed by atoms with E-state index in [-0.39, 0.29) is 12.3 Å². The predicted octanol–water partition coefficient (Wildman–Crippen LogP) is 1.03. The molecule has 0 aliphatic heterocycles. The van der Waals surface area contributed by atoms with Gasteiger partial charge in [-0.3, -0.25) is 9.59 Å². The monoisotopic (exact) mass is 231 g/mol. The van der Waals surface area contributed by atoms with Gasteiger partial charge in [-0.2, -0.15) is 0 Å². The van der Waals surface area contributed by atoms with E-state index >= 15 is 0 Å². The molecular formula is C11H21NO4. The Morgan fingerprint density at radius 3 is 2.44 bits per heavy atom. The molecule has 0 aromatic rings. The van der Waals surface area contributed by atoms with Gasteiger partial charge < -0.3 is 15.2 Å². The summed E-state index contributed by atoms with van der Waals surface area (Å²) in [5.41, 5.74) is 0. The first-order valence-electron chi connectivity index (χ1n) is 5.49. The van der Waals surface area contributed by atoms with E-state index in [9.17, 15) is 9.59 Å². The summed E-state index contributed by atoms with van der Waals surface area (Å²) in [4.78, 5) is 21.6.